The molecule has 0 heterocycles. The number of carbonyl (C=O) groups excluding carboxylic acids is 1. The van der Waals surface area contributed by atoms with Gasteiger partial charge in [-0.3, -0.25) is 4.79 Å². The van der Waals surface area contributed by atoms with Gasteiger partial charge in [0.15, 0.2) is 0 Å². The largest absolute Gasteiger partial charge is 0.340 e. The summed E-state index contributed by atoms with van der Waals surface area (Å²) in [6.45, 7) is 1.93. The summed E-state index contributed by atoms with van der Waals surface area (Å²) in [5.74, 6) is -0.822. The third-order valence-electron chi connectivity index (χ3n) is 3.80. The Bertz CT molecular complexity index is 808. The Morgan fingerprint density at radius 1 is 1.04 bits per heavy atom. The molecule has 0 aliphatic carbocycles. The molecule has 0 saturated heterocycles. The Hall–Kier alpha value is -2.25. The van der Waals surface area contributed by atoms with Crippen LogP contribution >= 0.6 is 0 Å². The maximum absolute atomic E-state index is 13.0. The molecule has 0 saturated carbocycles. The minimum Gasteiger partial charge on any atom is -0.340 e. The lowest BCUT2D eigenvalue weighted by atomic mass is 10.2. The molecule has 0 bridgehead atoms. The third-order valence-corrected chi connectivity index (χ3v) is 5.74. The van der Waals surface area contributed by atoms with E-state index in [2.05, 4.69) is 0 Å². The van der Waals surface area contributed by atoms with E-state index in [9.17, 15) is 17.6 Å². The predicted molar refractivity (Wildman–Crippen MR) is 93.7 cm³/mol. The average molecular weight is 364 g/mol. The van der Waals surface area contributed by atoms with Crippen LogP contribution in [0, 0.1) is 5.82 Å². The summed E-state index contributed by atoms with van der Waals surface area (Å²) in [5.41, 5.74) is 0.961. The Balaban J connectivity index is 2.09. The molecule has 0 spiro atoms. The zero-order valence-corrected chi connectivity index (χ0v) is 15.0. The second kappa shape index (κ2) is 8.22. The van der Waals surface area contributed by atoms with Crippen LogP contribution in [0.3, 0.4) is 0 Å². The summed E-state index contributed by atoms with van der Waals surface area (Å²) in [7, 11) is -2.22. The molecule has 0 atom stereocenters. The summed E-state index contributed by atoms with van der Waals surface area (Å²) in [4.78, 5) is 13.9. The summed E-state index contributed by atoms with van der Waals surface area (Å²) in [6, 6.07) is 14.0. The first kappa shape index (κ1) is 19.1. The predicted octanol–water partition coefficient (Wildman–Crippen LogP) is 2.49. The number of hydrogen-bond donors (Lipinski definition) is 0. The number of rotatable bonds is 7. The number of hydrogen-bond acceptors (Lipinski definition) is 3. The van der Waals surface area contributed by atoms with E-state index in [4.69, 9.17) is 0 Å². The van der Waals surface area contributed by atoms with Crippen molar-refractivity contribution in [3.63, 3.8) is 0 Å². The monoisotopic (exact) mass is 364 g/mol. The van der Waals surface area contributed by atoms with Crippen molar-refractivity contribution in [3.05, 3.63) is 66.0 Å². The van der Waals surface area contributed by atoms with Gasteiger partial charge in [0.2, 0.25) is 15.9 Å². The molecule has 2 rings (SSSR count). The van der Waals surface area contributed by atoms with Crippen LogP contribution < -0.4 is 0 Å². The highest BCUT2D eigenvalue weighted by Crippen LogP contribution is 2.16. The third kappa shape index (κ3) is 4.87. The van der Waals surface area contributed by atoms with Gasteiger partial charge in [-0.2, -0.15) is 4.31 Å². The van der Waals surface area contributed by atoms with Crippen LogP contribution in [0.25, 0.3) is 0 Å². The van der Waals surface area contributed by atoms with Crippen molar-refractivity contribution in [2.45, 2.75) is 18.4 Å². The molecular formula is C18H21FN2O3S. The van der Waals surface area contributed by atoms with E-state index >= 15 is 0 Å². The van der Waals surface area contributed by atoms with Gasteiger partial charge in [-0.05, 0) is 29.8 Å². The quantitative estimate of drug-likeness (QED) is 0.758. The van der Waals surface area contributed by atoms with E-state index in [-0.39, 0.29) is 23.9 Å². The van der Waals surface area contributed by atoms with Gasteiger partial charge < -0.3 is 4.90 Å². The van der Waals surface area contributed by atoms with E-state index < -0.39 is 15.8 Å². The van der Waals surface area contributed by atoms with E-state index in [1.165, 1.54) is 17.0 Å². The van der Waals surface area contributed by atoms with Crippen LogP contribution in [-0.2, 0) is 21.4 Å². The number of halogens is 1. The van der Waals surface area contributed by atoms with Gasteiger partial charge in [-0.1, -0.05) is 37.3 Å². The maximum Gasteiger partial charge on any atom is 0.243 e. The van der Waals surface area contributed by atoms with E-state index in [0.29, 0.717) is 6.54 Å². The summed E-state index contributed by atoms with van der Waals surface area (Å²) >= 11 is 0. The summed E-state index contributed by atoms with van der Waals surface area (Å²) in [6.07, 6.45) is 0. The molecule has 2 aromatic rings. The van der Waals surface area contributed by atoms with Gasteiger partial charge in [-0.25, -0.2) is 12.8 Å². The number of carbonyl (C=O) groups is 1. The van der Waals surface area contributed by atoms with Gasteiger partial charge in [-0.15, -0.1) is 0 Å². The molecule has 1 amide bonds. The zero-order valence-electron chi connectivity index (χ0n) is 14.2. The van der Waals surface area contributed by atoms with Crippen molar-refractivity contribution in [3.8, 4) is 0 Å². The topological polar surface area (TPSA) is 57.7 Å². The molecule has 134 valence electrons. The van der Waals surface area contributed by atoms with Crippen LogP contribution in [0.2, 0.25) is 0 Å². The van der Waals surface area contributed by atoms with Gasteiger partial charge in [0.05, 0.1) is 11.4 Å². The molecule has 0 aliphatic heterocycles. The Labute approximate surface area is 147 Å². The van der Waals surface area contributed by atoms with Crippen molar-refractivity contribution < 1.29 is 17.6 Å². The first-order valence-electron chi connectivity index (χ1n) is 7.88. The standard InChI is InChI=1S/C18H21FN2O3S/c1-3-21(25(23,24)17-11-9-16(19)10-12-17)14-18(22)20(2)13-15-7-5-4-6-8-15/h4-12H,3,13-14H2,1-2H3. The zero-order chi connectivity index (χ0) is 18.4. The Morgan fingerprint density at radius 2 is 1.64 bits per heavy atom. The number of likely N-dealkylation sites (N-methyl/N-ethyl adjacent to an activating group) is 2. The van der Waals surface area contributed by atoms with Gasteiger partial charge in [0, 0.05) is 20.1 Å². The highest BCUT2D eigenvalue weighted by atomic mass is 32.2. The smallest absolute Gasteiger partial charge is 0.243 e. The minimum atomic E-state index is -3.85. The fourth-order valence-electron chi connectivity index (χ4n) is 2.34. The minimum absolute atomic E-state index is 0.0331. The molecule has 0 N–H and O–H groups in total. The van der Waals surface area contributed by atoms with Crippen molar-refractivity contribution in [1.82, 2.24) is 9.21 Å². The average Bonchev–Trinajstić information content (AvgIpc) is 2.60. The first-order valence-corrected chi connectivity index (χ1v) is 9.32. The molecule has 0 aliphatic rings. The SMILES string of the molecule is CCN(CC(=O)N(C)Cc1ccccc1)S(=O)(=O)c1ccc(F)cc1. The Kier molecular flexibility index (Phi) is 6.27. The lowest BCUT2D eigenvalue weighted by Crippen LogP contribution is -2.41. The molecule has 5 nitrogen and oxygen atoms in total. The van der Waals surface area contributed by atoms with Crippen molar-refractivity contribution >= 4 is 15.9 Å². The molecule has 0 unspecified atom stereocenters. The lowest BCUT2D eigenvalue weighted by molar-refractivity contribution is -0.130. The van der Waals surface area contributed by atoms with Gasteiger partial charge in [0.25, 0.3) is 0 Å². The van der Waals surface area contributed by atoms with E-state index in [0.717, 1.165) is 22.0 Å². The van der Waals surface area contributed by atoms with Gasteiger partial charge >= 0.3 is 0 Å². The molecule has 2 aromatic carbocycles. The van der Waals surface area contributed by atoms with E-state index in [1.54, 1.807) is 14.0 Å². The second-order valence-corrected chi connectivity index (χ2v) is 7.56. The molecule has 7 heteroatoms. The van der Waals surface area contributed by atoms with Crippen molar-refractivity contribution in [2.24, 2.45) is 0 Å². The highest BCUT2D eigenvalue weighted by molar-refractivity contribution is 7.89. The summed E-state index contributed by atoms with van der Waals surface area (Å²) < 4.78 is 39.3. The maximum atomic E-state index is 13.0. The second-order valence-electron chi connectivity index (χ2n) is 5.62. The van der Waals surface area contributed by atoms with Crippen LogP contribution in [0.5, 0.6) is 0 Å². The fourth-order valence-corrected chi connectivity index (χ4v) is 3.74. The van der Waals surface area contributed by atoms with Crippen molar-refractivity contribution in [1.29, 1.82) is 0 Å². The number of nitrogens with zero attached hydrogens (tertiary/aromatic N) is 2. The highest BCUT2D eigenvalue weighted by Gasteiger charge is 2.26. The van der Waals surface area contributed by atoms with Crippen LogP contribution in [-0.4, -0.2) is 43.7 Å². The molecule has 0 radical (unpaired) electrons. The van der Waals surface area contributed by atoms with Gasteiger partial charge in [0.1, 0.15) is 5.82 Å². The van der Waals surface area contributed by atoms with E-state index in [1.807, 2.05) is 30.3 Å². The first-order chi connectivity index (χ1) is 11.8. The van der Waals surface area contributed by atoms with Crippen LogP contribution in [0.15, 0.2) is 59.5 Å². The fraction of sp³-hybridized carbons (Fsp3) is 0.278. The lowest BCUT2D eigenvalue weighted by Gasteiger charge is -2.24. The number of sulfonamides is 1. The molecule has 25 heavy (non-hydrogen) atoms. The normalized spacial score (nSPS) is 11.5. The Morgan fingerprint density at radius 3 is 2.20 bits per heavy atom. The molecule has 0 aromatic heterocycles. The van der Waals surface area contributed by atoms with Crippen LogP contribution in [0.1, 0.15) is 12.5 Å². The van der Waals surface area contributed by atoms with Crippen LogP contribution in [0.4, 0.5) is 4.39 Å². The number of amides is 1. The molecular weight excluding hydrogens is 343 g/mol. The summed E-state index contributed by atoms with van der Waals surface area (Å²) in [5, 5.41) is 0. The molecule has 0 fully saturated rings. The van der Waals surface area contributed by atoms with Crippen molar-refractivity contribution in [2.75, 3.05) is 20.1 Å². The number of benzene rings is 2.